The number of anilines is 1. The van der Waals surface area contributed by atoms with Crippen LogP contribution < -0.4 is 15.0 Å². The maximum absolute atomic E-state index is 6.11. The molecule has 1 unspecified atom stereocenters. The van der Waals surface area contributed by atoms with Crippen LogP contribution in [0.2, 0.25) is 0 Å². The lowest BCUT2D eigenvalue weighted by Crippen LogP contribution is -2.57. The smallest absolute Gasteiger partial charge is 0.213 e. The van der Waals surface area contributed by atoms with E-state index in [-0.39, 0.29) is 0 Å². The fraction of sp³-hybridized carbons (Fsp3) is 0.400. The summed E-state index contributed by atoms with van der Waals surface area (Å²) in [7, 11) is 0. The second-order valence-corrected chi connectivity index (χ2v) is 10.4. The van der Waals surface area contributed by atoms with Crippen molar-refractivity contribution < 1.29 is 9.26 Å². The van der Waals surface area contributed by atoms with E-state index in [1.54, 1.807) is 0 Å². The summed E-state index contributed by atoms with van der Waals surface area (Å²) >= 11 is 0. The van der Waals surface area contributed by atoms with Gasteiger partial charge in [0.1, 0.15) is 0 Å². The van der Waals surface area contributed by atoms with Crippen LogP contribution in [-0.2, 0) is 6.54 Å². The number of aromatic nitrogens is 2. The maximum Gasteiger partial charge on any atom is 0.213 e. The summed E-state index contributed by atoms with van der Waals surface area (Å²) in [5.74, 6) is 2.23. The van der Waals surface area contributed by atoms with Crippen LogP contribution in [0.1, 0.15) is 36.9 Å². The number of fused-ring (bicyclic) bond motifs is 2. The van der Waals surface area contributed by atoms with Gasteiger partial charge in [0, 0.05) is 63.0 Å². The van der Waals surface area contributed by atoms with Crippen molar-refractivity contribution >= 4 is 16.8 Å². The molecule has 2 aromatic heterocycles. The molecule has 1 N–H and O–H groups in total. The van der Waals surface area contributed by atoms with Gasteiger partial charge in [-0.15, -0.1) is 0 Å². The SMILES string of the molecule is CC(NCc1ccc(OC[C@@H]2CC[C@@H]3CN(c4noc5ccccc45)CCN3C2)nc1)c1ccccc1. The standard InChI is InChI=1S/C30H35N5O2/c1-22(25-7-3-2-4-8-25)31-17-23-12-14-29(32-18-23)36-21-24-11-13-26-20-35(16-15-34(26)19-24)30-27-9-5-6-10-28(27)37-33-30/h2-10,12,14,18,22,24,26,31H,11,13,15-17,19-21H2,1H3/t22?,24-,26-/m1/s1. The van der Waals surface area contributed by atoms with Gasteiger partial charge in [-0.3, -0.25) is 4.90 Å². The number of nitrogens with zero attached hydrogens (tertiary/aromatic N) is 4. The third-order valence-corrected chi connectivity index (χ3v) is 7.84. The zero-order chi connectivity index (χ0) is 25.0. The van der Waals surface area contributed by atoms with E-state index in [1.807, 2.05) is 30.5 Å². The van der Waals surface area contributed by atoms with Crippen LogP contribution in [0.25, 0.3) is 11.0 Å². The van der Waals surface area contributed by atoms with E-state index < -0.39 is 0 Å². The quantitative estimate of drug-likeness (QED) is 0.365. The predicted octanol–water partition coefficient (Wildman–Crippen LogP) is 5.05. The molecule has 4 aromatic rings. The molecule has 0 spiro atoms. The third kappa shape index (κ3) is 5.48. The highest BCUT2D eigenvalue weighted by Gasteiger charge is 2.34. The molecule has 0 aliphatic carbocycles. The number of hydrogen-bond acceptors (Lipinski definition) is 7. The molecule has 37 heavy (non-hydrogen) atoms. The van der Waals surface area contributed by atoms with Crippen molar-refractivity contribution in [1.82, 2.24) is 20.4 Å². The Morgan fingerprint density at radius 1 is 1.00 bits per heavy atom. The Morgan fingerprint density at radius 2 is 1.86 bits per heavy atom. The van der Waals surface area contributed by atoms with Crippen molar-refractivity contribution in [3.05, 3.63) is 84.1 Å². The lowest BCUT2D eigenvalue weighted by Gasteiger charge is -2.46. The molecule has 0 bridgehead atoms. The Kier molecular flexibility index (Phi) is 7.06. The summed E-state index contributed by atoms with van der Waals surface area (Å²) in [6, 6.07) is 23.6. The molecule has 7 heteroatoms. The van der Waals surface area contributed by atoms with Gasteiger partial charge in [0.25, 0.3) is 0 Å². The highest BCUT2D eigenvalue weighted by atomic mass is 16.5. The number of nitrogens with one attached hydrogen (secondary N) is 1. The van der Waals surface area contributed by atoms with Crippen molar-refractivity contribution in [2.24, 2.45) is 5.92 Å². The van der Waals surface area contributed by atoms with Gasteiger partial charge in [0.15, 0.2) is 11.4 Å². The zero-order valence-electron chi connectivity index (χ0n) is 21.4. The summed E-state index contributed by atoms with van der Waals surface area (Å²) < 4.78 is 11.7. The number of para-hydroxylation sites is 1. The number of ether oxygens (including phenoxy) is 1. The first kappa shape index (κ1) is 23.9. The van der Waals surface area contributed by atoms with Gasteiger partial charge in [-0.1, -0.05) is 53.7 Å². The fourth-order valence-corrected chi connectivity index (χ4v) is 5.62. The van der Waals surface area contributed by atoms with Gasteiger partial charge in [-0.25, -0.2) is 4.98 Å². The molecule has 2 fully saturated rings. The number of pyridine rings is 1. The normalized spacial score (nSPS) is 21.1. The average Bonchev–Trinajstić information content (AvgIpc) is 3.40. The second kappa shape index (κ2) is 10.9. The third-order valence-electron chi connectivity index (χ3n) is 7.84. The van der Waals surface area contributed by atoms with Crippen molar-refractivity contribution in [3.8, 4) is 5.88 Å². The Balaban J connectivity index is 0.963. The van der Waals surface area contributed by atoms with E-state index in [1.165, 1.54) is 18.4 Å². The van der Waals surface area contributed by atoms with Gasteiger partial charge >= 0.3 is 0 Å². The molecule has 2 saturated heterocycles. The van der Waals surface area contributed by atoms with Gasteiger partial charge in [0.2, 0.25) is 5.88 Å². The van der Waals surface area contributed by atoms with Crippen molar-refractivity contribution in [2.75, 3.05) is 37.7 Å². The predicted molar refractivity (Wildman–Crippen MR) is 146 cm³/mol. The molecule has 4 heterocycles. The summed E-state index contributed by atoms with van der Waals surface area (Å²) in [5, 5.41) is 9.05. The average molecular weight is 498 g/mol. The minimum Gasteiger partial charge on any atom is -0.477 e. The van der Waals surface area contributed by atoms with Crippen LogP contribution in [0, 0.1) is 5.92 Å². The second-order valence-electron chi connectivity index (χ2n) is 10.4. The number of piperazine rings is 1. The monoisotopic (exact) mass is 497 g/mol. The molecule has 3 atom stereocenters. The molecule has 6 rings (SSSR count). The van der Waals surface area contributed by atoms with Crippen LogP contribution in [0.5, 0.6) is 5.88 Å². The largest absolute Gasteiger partial charge is 0.477 e. The first-order chi connectivity index (χ1) is 18.2. The Hall–Kier alpha value is -3.42. The molecule has 2 aliphatic rings. The minimum absolute atomic E-state index is 0.296. The van der Waals surface area contributed by atoms with E-state index in [9.17, 15) is 0 Å². The molecular weight excluding hydrogens is 462 g/mol. The minimum atomic E-state index is 0.296. The van der Waals surface area contributed by atoms with E-state index in [0.29, 0.717) is 23.9 Å². The highest BCUT2D eigenvalue weighted by molar-refractivity contribution is 5.88. The molecule has 0 radical (unpaired) electrons. The van der Waals surface area contributed by atoms with Crippen LogP contribution in [0.15, 0.2) is 77.4 Å². The number of hydrogen-bond donors (Lipinski definition) is 1. The number of piperidine rings is 1. The van der Waals surface area contributed by atoms with E-state index >= 15 is 0 Å². The van der Waals surface area contributed by atoms with Crippen molar-refractivity contribution in [3.63, 3.8) is 0 Å². The maximum atomic E-state index is 6.11. The van der Waals surface area contributed by atoms with E-state index in [0.717, 1.165) is 61.7 Å². The summed E-state index contributed by atoms with van der Waals surface area (Å²) in [5.41, 5.74) is 3.31. The topological polar surface area (TPSA) is 66.7 Å². The molecule has 192 valence electrons. The van der Waals surface area contributed by atoms with Crippen LogP contribution >= 0.6 is 0 Å². The Morgan fingerprint density at radius 3 is 2.73 bits per heavy atom. The van der Waals surface area contributed by atoms with Gasteiger partial charge < -0.3 is 19.5 Å². The van der Waals surface area contributed by atoms with Gasteiger partial charge in [-0.05, 0) is 43.0 Å². The number of rotatable bonds is 8. The van der Waals surface area contributed by atoms with Crippen molar-refractivity contribution in [1.29, 1.82) is 0 Å². The summed E-state index contributed by atoms with van der Waals surface area (Å²) in [6.45, 7) is 7.79. The fourth-order valence-electron chi connectivity index (χ4n) is 5.62. The van der Waals surface area contributed by atoms with Gasteiger partial charge in [-0.2, -0.15) is 0 Å². The molecule has 0 amide bonds. The summed E-state index contributed by atoms with van der Waals surface area (Å²) in [6.07, 6.45) is 4.27. The first-order valence-electron chi connectivity index (χ1n) is 13.4. The number of benzene rings is 2. The zero-order valence-corrected chi connectivity index (χ0v) is 21.4. The van der Waals surface area contributed by atoms with E-state index in [4.69, 9.17) is 9.26 Å². The van der Waals surface area contributed by atoms with E-state index in [2.05, 4.69) is 74.6 Å². The molecule has 2 aromatic carbocycles. The van der Waals surface area contributed by atoms with Crippen molar-refractivity contribution in [2.45, 2.75) is 38.4 Å². The lowest BCUT2D eigenvalue weighted by molar-refractivity contribution is 0.0717. The van der Waals surface area contributed by atoms with Crippen LogP contribution in [0.3, 0.4) is 0 Å². The molecule has 0 saturated carbocycles. The highest BCUT2D eigenvalue weighted by Crippen LogP contribution is 2.31. The molecule has 7 nitrogen and oxygen atoms in total. The first-order valence-corrected chi connectivity index (χ1v) is 13.4. The lowest BCUT2D eigenvalue weighted by atomic mass is 9.91. The molecule has 2 aliphatic heterocycles. The summed E-state index contributed by atoms with van der Waals surface area (Å²) in [4.78, 5) is 9.59. The Labute approximate surface area is 218 Å². The Bertz CT molecular complexity index is 1290. The van der Waals surface area contributed by atoms with Gasteiger partial charge in [0.05, 0.1) is 12.0 Å². The van der Waals surface area contributed by atoms with Crippen LogP contribution in [0.4, 0.5) is 5.82 Å². The van der Waals surface area contributed by atoms with Crippen LogP contribution in [-0.4, -0.2) is 53.9 Å². The molecular formula is C30H35N5O2.